The largest absolute Gasteiger partial charge is 0.411 e. The lowest BCUT2D eigenvalue weighted by Crippen LogP contribution is -3.13. The molecule has 28 heavy (non-hydrogen) atoms. The van der Waals surface area contributed by atoms with Crippen molar-refractivity contribution in [3.8, 4) is 11.5 Å². The predicted octanol–water partition coefficient (Wildman–Crippen LogP) is 3.27. The van der Waals surface area contributed by atoms with E-state index in [-0.39, 0.29) is 6.10 Å². The average molecular weight is 417 g/mol. The Morgan fingerprint density at radius 1 is 1.14 bits per heavy atom. The normalized spacial score (nSPS) is 19.6. The van der Waals surface area contributed by atoms with Crippen LogP contribution in [0.1, 0.15) is 11.1 Å². The highest BCUT2D eigenvalue weighted by Crippen LogP contribution is 2.26. The molecule has 0 radical (unpaired) electrons. The Morgan fingerprint density at radius 3 is 2.82 bits per heavy atom. The molecule has 0 spiro atoms. The summed E-state index contributed by atoms with van der Waals surface area (Å²) in [5.74, 6) is 1.36. The van der Waals surface area contributed by atoms with Crippen LogP contribution in [0.5, 0.6) is 0 Å². The van der Waals surface area contributed by atoms with E-state index in [4.69, 9.17) is 20.8 Å². The second kappa shape index (κ2) is 9.09. The van der Waals surface area contributed by atoms with Crippen molar-refractivity contribution in [2.75, 3.05) is 25.4 Å². The number of nitrogens with one attached hydrogen (secondary N) is 1. The van der Waals surface area contributed by atoms with Gasteiger partial charge in [-0.05, 0) is 24.6 Å². The van der Waals surface area contributed by atoms with Crippen LogP contribution in [0.3, 0.4) is 0 Å². The van der Waals surface area contributed by atoms with E-state index in [0.717, 1.165) is 48.1 Å². The van der Waals surface area contributed by atoms with Crippen molar-refractivity contribution in [3.05, 3.63) is 64.7 Å². The Balaban J connectivity index is 1.33. The fourth-order valence-electron chi connectivity index (χ4n) is 3.39. The van der Waals surface area contributed by atoms with E-state index in [9.17, 15) is 0 Å². The number of aromatic nitrogens is 2. The van der Waals surface area contributed by atoms with E-state index in [1.165, 1.54) is 10.5 Å². The van der Waals surface area contributed by atoms with Crippen molar-refractivity contribution >= 4 is 23.4 Å². The lowest BCUT2D eigenvalue weighted by molar-refractivity contribution is -0.924. The van der Waals surface area contributed by atoms with Crippen LogP contribution in [0.25, 0.3) is 11.5 Å². The van der Waals surface area contributed by atoms with Gasteiger partial charge < -0.3 is 14.1 Å². The number of nitrogens with zero attached hydrogens (tertiary/aromatic N) is 2. The van der Waals surface area contributed by atoms with Crippen LogP contribution < -0.4 is 4.90 Å². The topological polar surface area (TPSA) is 52.6 Å². The summed E-state index contributed by atoms with van der Waals surface area (Å²) < 4.78 is 11.8. The van der Waals surface area contributed by atoms with Gasteiger partial charge in [-0.1, -0.05) is 59.8 Å². The van der Waals surface area contributed by atoms with Crippen LogP contribution in [0.4, 0.5) is 0 Å². The van der Waals surface area contributed by atoms with Crippen LogP contribution in [0, 0.1) is 6.92 Å². The van der Waals surface area contributed by atoms with Crippen LogP contribution in [-0.2, 0) is 11.3 Å². The van der Waals surface area contributed by atoms with Crippen molar-refractivity contribution in [1.29, 1.82) is 0 Å². The zero-order chi connectivity index (χ0) is 19.3. The highest BCUT2D eigenvalue weighted by molar-refractivity contribution is 7.99. The third-order valence-electron chi connectivity index (χ3n) is 4.90. The molecule has 0 aliphatic carbocycles. The van der Waals surface area contributed by atoms with E-state index in [0.29, 0.717) is 11.1 Å². The summed E-state index contributed by atoms with van der Waals surface area (Å²) in [6.45, 7) is 5.64. The fourth-order valence-corrected chi connectivity index (χ4v) is 4.37. The van der Waals surface area contributed by atoms with E-state index in [1.807, 2.05) is 49.4 Å². The highest BCUT2D eigenvalue weighted by atomic mass is 35.5. The minimum absolute atomic E-state index is 0.157. The van der Waals surface area contributed by atoms with E-state index in [1.54, 1.807) is 11.8 Å². The number of rotatable bonds is 6. The number of quaternary nitrogens is 1. The molecule has 0 saturated carbocycles. The molecule has 146 valence electrons. The number of benzene rings is 2. The Hall–Kier alpha value is -1.86. The maximum atomic E-state index is 6.31. The Kier molecular flexibility index (Phi) is 6.32. The molecule has 2 aromatic carbocycles. The number of ether oxygens (including phenoxy) is 1. The molecular formula is C21H23ClN3O2S+. The number of aryl methyl sites for hydroxylation is 1. The van der Waals surface area contributed by atoms with Crippen molar-refractivity contribution in [2.45, 2.75) is 24.8 Å². The smallest absolute Gasteiger partial charge is 0.276 e. The minimum Gasteiger partial charge on any atom is -0.411 e. The molecule has 7 heteroatoms. The molecule has 1 N–H and O–H groups in total. The first-order chi connectivity index (χ1) is 13.7. The molecule has 1 aromatic heterocycles. The molecule has 4 rings (SSSR count). The van der Waals surface area contributed by atoms with Gasteiger partial charge in [0.25, 0.3) is 5.22 Å². The number of morpholine rings is 1. The first-order valence-corrected chi connectivity index (χ1v) is 10.8. The van der Waals surface area contributed by atoms with Gasteiger partial charge in [0.2, 0.25) is 5.89 Å². The highest BCUT2D eigenvalue weighted by Gasteiger charge is 2.25. The third kappa shape index (κ3) is 4.75. The standard InChI is InChI=1S/C21H22ClN3O2S/c1-15-6-2-4-8-18(15)20-23-24-21(27-20)28-14-17-13-25(10-11-26-17)12-16-7-3-5-9-19(16)22/h2-9,17H,10-14H2,1H3/p+1/t17-/m0/s1. The Labute approximate surface area is 174 Å². The zero-order valence-electron chi connectivity index (χ0n) is 15.7. The lowest BCUT2D eigenvalue weighted by Gasteiger charge is -2.30. The summed E-state index contributed by atoms with van der Waals surface area (Å²) in [5, 5.41) is 9.79. The lowest BCUT2D eigenvalue weighted by atomic mass is 10.1. The zero-order valence-corrected chi connectivity index (χ0v) is 17.3. The van der Waals surface area contributed by atoms with Gasteiger partial charge in [0.1, 0.15) is 25.7 Å². The van der Waals surface area contributed by atoms with Crippen molar-refractivity contribution in [2.24, 2.45) is 0 Å². The van der Waals surface area contributed by atoms with Crippen molar-refractivity contribution in [3.63, 3.8) is 0 Å². The van der Waals surface area contributed by atoms with Crippen LogP contribution in [-0.4, -0.2) is 41.8 Å². The van der Waals surface area contributed by atoms with Gasteiger partial charge >= 0.3 is 0 Å². The molecule has 1 saturated heterocycles. The van der Waals surface area contributed by atoms with Gasteiger partial charge in [-0.15, -0.1) is 10.2 Å². The Bertz CT molecular complexity index is 933. The SMILES string of the molecule is Cc1ccccc1-c1nnc(SC[C@@H]2C[NH+](Cc3ccccc3Cl)CCO2)o1. The summed E-state index contributed by atoms with van der Waals surface area (Å²) in [7, 11) is 0. The molecule has 1 aliphatic heterocycles. The molecule has 3 aromatic rings. The van der Waals surface area contributed by atoms with Gasteiger partial charge in [0.15, 0.2) is 0 Å². The first-order valence-electron chi connectivity index (χ1n) is 9.40. The van der Waals surface area contributed by atoms with E-state index >= 15 is 0 Å². The monoisotopic (exact) mass is 416 g/mol. The van der Waals surface area contributed by atoms with E-state index in [2.05, 4.69) is 16.3 Å². The number of thioether (sulfide) groups is 1. The maximum Gasteiger partial charge on any atom is 0.276 e. The van der Waals surface area contributed by atoms with Gasteiger partial charge in [-0.3, -0.25) is 0 Å². The quantitative estimate of drug-likeness (QED) is 0.625. The molecule has 1 unspecified atom stereocenters. The molecule has 1 fully saturated rings. The molecule has 2 heterocycles. The summed E-state index contributed by atoms with van der Waals surface area (Å²) in [6.07, 6.45) is 0.157. The van der Waals surface area contributed by atoms with Gasteiger partial charge in [0, 0.05) is 21.9 Å². The molecule has 2 atom stereocenters. The van der Waals surface area contributed by atoms with Crippen LogP contribution >= 0.6 is 23.4 Å². The molecule has 5 nitrogen and oxygen atoms in total. The number of halogens is 1. The summed E-state index contributed by atoms with van der Waals surface area (Å²) >= 11 is 7.86. The summed E-state index contributed by atoms with van der Waals surface area (Å²) in [6, 6.07) is 16.1. The van der Waals surface area contributed by atoms with Crippen LogP contribution in [0.15, 0.2) is 58.2 Å². The van der Waals surface area contributed by atoms with Crippen molar-refractivity contribution < 1.29 is 14.1 Å². The second-order valence-corrected chi connectivity index (χ2v) is 8.34. The average Bonchev–Trinajstić information content (AvgIpc) is 3.18. The number of hydrogen-bond acceptors (Lipinski definition) is 5. The summed E-state index contributed by atoms with van der Waals surface area (Å²) in [4.78, 5) is 1.48. The molecule has 0 bridgehead atoms. The molecule has 0 amide bonds. The summed E-state index contributed by atoms with van der Waals surface area (Å²) in [5.41, 5.74) is 3.29. The predicted molar refractivity (Wildman–Crippen MR) is 111 cm³/mol. The molecule has 1 aliphatic rings. The van der Waals surface area contributed by atoms with Crippen LogP contribution in [0.2, 0.25) is 5.02 Å². The molecular weight excluding hydrogens is 394 g/mol. The minimum atomic E-state index is 0.157. The maximum absolute atomic E-state index is 6.31. The van der Waals surface area contributed by atoms with Gasteiger partial charge in [-0.25, -0.2) is 0 Å². The third-order valence-corrected chi connectivity index (χ3v) is 6.22. The fraction of sp³-hybridized carbons (Fsp3) is 0.333. The first kappa shape index (κ1) is 19.5. The van der Waals surface area contributed by atoms with Gasteiger partial charge in [-0.2, -0.15) is 0 Å². The van der Waals surface area contributed by atoms with Gasteiger partial charge in [0.05, 0.1) is 6.61 Å². The number of hydrogen-bond donors (Lipinski definition) is 1. The van der Waals surface area contributed by atoms with E-state index < -0.39 is 0 Å². The second-order valence-electron chi connectivity index (χ2n) is 6.96. The Morgan fingerprint density at radius 2 is 1.96 bits per heavy atom. The van der Waals surface area contributed by atoms with Crippen molar-refractivity contribution in [1.82, 2.24) is 10.2 Å².